The number of carbonyl (C=O) groups excluding carboxylic acids is 1. The molecule has 0 bridgehead atoms. The van der Waals surface area contributed by atoms with E-state index in [0.29, 0.717) is 13.0 Å². The van der Waals surface area contributed by atoms with E-state index in [1.807, 2.05) is 6.92 Å². The zero-order valence-electron chi connectivity index (χ0n) is 10.9. The highest BCUT2D eigenvalue weighted by molar-refractivity contribution is 6.01. The number of ether oxygens (including phenoxy) is 1. The van der Waals surface area contributed by atoms with Crippen molar-refractivity contribution in [3.8, 4) is 0 Å². The number of hydrogen-bond acceptors (Lipinski definition) is 5. The molecule has 0 aliphatic rings. The standard InChI is InChI=1S/C12H17N3O4/c1-3-8(7-19-2)14-12(16)9-5-4-6-10(11(9)13)15(17)18/h4-6,8H,3,7,13H2,1-2H3,(H,14,16). The molecule has 7 heteroatoms. The van der Waals surface area contributed by atoms with Gasteiger partial charge in [-0.25, -0.2) is 0 Å². The van der Waals surface area contributed by atoms with E-state index in [1.165, 1.54) is 25.3 Å². The average molecular weight is 267 g/mol. The Kier molecular flexibility index (Phi) is 5.25. The summed E-state index contributed by atoms with van der Waals surface area (Å²) in [5.74, 6) is -0.440. The Morgan fingerprint density at radius 3 is 2.79 bits per heavy atom. The Bertz CT molecular complexity index is 476. The summed E-state index contributed by atoms with van der Waals surface area (Å²) in [6.07, 6.45) is 0.689. The van der Waals surface area contributed by atoms with Crippen molar-refractivity contribution in [1.29, 1.82) is 0 Å². The molecule has 0 saturated heterocycles. The quantitative estimate of drug-likeness (QED) is 0.459. The van der Waals surface area contributed by atoms with E-state index < -0.39 is 10.8 Å². The van der Waals surface area contributed by atoms with Crippen molar-refractivity contribution in [2.75, 3.05) is 19.5 Å². The summed E-state index contributed by atoms with van der Waals surface area (Å²) >= 11 is 0. The van der Waals surface area contributed by atoms with Gasteiger partial charge in [0.25, 0.3) is 11.6 Å². The van der Waals surface area contributed by atoms with Crippen molar-refractivity contribution in [2.24, 2.45) is 0 Å². The molecule has 1 atom stereocenters. The lowest BCUT2D eigenvalue weighted by atomic mass is 10.1. The second kappa shape index (κ2) is 6.69. The fourth-order valence-electron chi connectivity index (χ4n) is 1.64. The first-order chi connectivity index (χ1) is 9.01. The summed E-state index contributed by atoms with van der Waals surface area (Å²) in [4.78, 5) is 22.2. The van der Waals surface area contributed by atoms with Gasteiger partial charge in [0.15, 0.2) is 0 Å². The van der Waals surface area contributed by atoms with E-state index in [1.54, 1.807) is 0 Å². The molecule has 1 aromatic rings. The van der Waals surface area contributed by atoms with Crippen LogP contribution >= 0.6 is 0 Å². The van der Waals surface area contributed by atoms with Gasteiger partial charge in [-0.2, -0.15) is 0 Å². The molecule has 0 fully saturated rings. The fourth-order valence-corrected chi connectivity index (χ4v) is 1.64. The first-order valence-corrected chi connectivity index (χ1v) is 5.83. The van der Waals surface area contributed by atoms with Crippen molar-refractivity contribution in [2.45, 2.75) is 19.4 Å². The second-order valence-electron chi connectivity index (χ2n) is 4.03. The highest BCUT2D eigenvalue weighted by Crippen LogP contribution is 2.24. The van der Waals surface area contributed by atoms with Crippen LogP contribution < -0.4 is 11.1 Å². The molecule has 7 nitrogen and oxygen atoms in total. The second-order valence-corrected chi connectivity index (χ2v) is 4.03. The molecular weight excluding hydrogens is 250 g/mol. The number of methoxy groups -OCH3 is 1. The van der Waals surface area contributed by atoms with Gasteiger partial charge in [-0.1, -0.05) is 13.0 Å². The number of para-hydroxylation sites is 1. The molecule has 3 N–H and O–H groups in total. The maximum atomic E-state index is 12.0. The molecule has 0 heterocycles. The number of nitro groups is 1. The van der Waals surface area contributed by atoms with Gasteiger partial charge in [-0.15, -0.1) is 0 Å². The zero-order chi connectivity index (χ0) is 14.4. The number of hydrogen-bond donors (Lipinski definition) is 2. The van der Waals surface area contributed by atoms with Crippen molar-refractivity contribution in [3.63, 3.8) is 0 Å². The first-order valence-electron chi connectivity index (χ1n) is 5.83. The molecule has 0 saturated carbocycles. The molecule has 104 valence electrons. The first kappa shape index (κ1) is 14.9. The largest absolute Gasteiger partial charge is 0.393 e. The highest BCUT2D eigenvalue weighted by Gasteiger charge is 2.20. The minimum atomic E-state index is -0.613. The molecule has 0 aliphatic carbocycles. The van der Waals surface area contributed by atoms with E-state index >= 15 is 0 Å². The molecule has 0 aliphatic heterocycles. The maximum Gasteiger partial charge on any atom is 0.292 e. The van der Waals surface area contributed by atoms with Gasteiger partial charge in [0.1, 0.15) is 5.69 Å². The summed E-state index contributed by atoms with van der Waals surface area (Å²) < 4.78 is 4.97. The Morgan fingerprint density at radius 2 is 2.26 bits per heavy atom. The van der Waals surface area contributed by atoms with Gasteiger partial charge in [-0.3, -0.25) is 14.9 Å². The smallest absolute Gasteiger partial charge is 0.292 e. The molecular formula is C12H17N3O4. The van der Waals surface area contributed by atoms with Crippen molar-refractivity contribution >= 4 is 17.3 Å². The summed E-state index contributed by atoms with van der Waals surface area (Å²) in [5, 5.41) is 13.5. The van der Waals surface area contributed by atoms with Crippen LogP contribution in [0, 0.1) is 10.1 Å². The van der Waals surface area contributed by atoms with Crippen LogP contribution in [0.25, 0.3) is 0 Å². The van der Waals surface area contributed by atoms with Crippen LogP contribution in [0.3, 0.4) is 0 Å². The van der Waals surface area contributed by atoms with Crippen LogP contribution in [0.1, 0.15) is 23.7 Å². The predicted molar refractivity (Wildman–Crippen MR) is 70.9 cm³/mol. The van der Waals surface area contributed by atoms with E-state index in [4.69, 9.17) is 10.5 Å². The van der Waals surface area contributed by atoms with Crippen LogP contribution in [0.15, 0.2) is 18.2 Å². The number of nitro benzene ring substituents is 1. The minimum absolute atomic E-state index is 0.101. The Labute approximate surface area is 110 Å². The van der Waals surface area contributed by atoms with Crippen molar-refractivity contribution in [3.05, 3.63) is 33.9 Å². The van der Waals surface area contributed by atoms with E-state index in [0.717, 1.165) is 0 Å². The van der Waals surface area contributed by atoms with Crippen LogP contribution in [-0.2, 0) is 4.74 Å². The van der Waals surface area contributed by atoms with Gasteiger partial charge in [0.2, 0.25) is 0 Å². The number of nitrogen functional groups attached to an aromatic ring is 1. The zero-order valence-corrected chi connectivity index (χ0v) is 10.9. The molecule has 1 rings (SSSR count). The number of carbonyl (C=O) groups is 1. The number of amides is 1. The number of anilines is 1. The average Bonchev–Trinajstić information content (AvgIpc) is 2.37. The lowest BCUT2D eigenvalue weighted by Crippen LogP contribution is -2.37. The van der Waals surface area contributed by atoms with E-state index in [9.17, 15) is 14.9 Å². The number of benzene rings is 1. The molecule has 1 amide bonds. The summed E-state index contributed by atoms with van der Waals surface area (Å²) in [6.45, 7) is 2.28. The van der Waals surface area contributed by atoms with E-state index in [-0.39, 0.29) is 23.0 Å². The number of nitrogens with two attached hydrogens (primary N) is 1. The lowest BCUT2D eigenvalue weighted by Gasteiger charge is -2.16. The topological polar surface area (TPSA) is 107 Å². The monoisotopic (exact) mass is 267 g/mol. The van der Waals surface area contributed by atoms with Crippen LogP contribution in [0.4, 0.5) is 11.4 Å². The predicted octanol–water partition coefficient (Wildman–Crippen LogP) is 1.33. The number of nitrogens with one attached hydrogen (secondary N) is 1. The molecule has 1 unspecified atom stereocenters. The van der Waals surface area contributed by atoms with Gasteiger partial charge in [0, 0.05) is 13.2 Å². The third-order valence-electron chi connectivity index (χ3n) is 2.72. The van der Waals surface area contributed by atoms with E-state index in [2.05, 4.69) is 5.32 Å². The van der Waals surface area contributed by atoms with Crippen LogP contribution in [0.2, 0.25) is 0 Å². The molecule has 0 spiro atoms. The Balaban J connectivity index is 2.94. The minimum Gasteiger partial charge on any atom is -0.393 e. The fraction of sp³-hybridized carbons (Fsp3) is 0.417. The Hall–Kier alpha value is -2.15. The van der Waals surface area contributed by atoms with Crippen LogP contribution in [0.5, 0.6) is 0 Å². The van der Waals surface area contributed by atoms with Gasteiger partial charge in [-0.05, 0) is 12.5 Å². The molecule has 1 aromatic carbocycles. The van der Waals surface area contributed by atoms with Gasteiger partial charge < -0.3 is 15.8 Å². The third kappa shape index (κ3) is 3.65. The Morgan fingerprint density at radius 1 is 1.58 bits per heavy atom. The summed E-state index contributed by atoms with van der Waals surface area (Å²) in [6, 6.07) is 3.99. The number of nitrogens with zero attached hydrogens (tertiary/aromatic N) is 1. The maximum absolute atomic E-state index is 12.0. The summed E-state index contributed by atoms with van der Waals surface area (Å²) in [5.41, 5.74) is 5.34. The summed E-state index contributed by atoms with van der Waals surface area (Å²) in [7, 11) is 1.54. The van der Waals surface area contributed by atoms with Crippen molar-refractivity contribution < 1.29 is 14.5 Å². The van der Waals surface area contributed by atoms with Gasteiger partial charge in [0.05, 0.1) is 23.1 Å². The van der Waals surface area contributed by atoms with Crippen molar-refractivity contribution in [1.82, 2.24) is 5.32 Å². The normalized spacial score (nSPS) is 11.9. The molecule has 0 radical (unpaired) electrons. The SMILES string of the molecule is CCC(COC)NC(=O)c1cccc([N+](=O)[O-])c1N. The lowest BCUT2D eigenvalue weighted by molar-refractivity contribution is -0.383. The molecule has 0 aromatic heterocycles. The van der Waals surface area contributed by atoms with Gasteiger partial charge >= 0.3 is 0 Å². The van der Waals surface area contributed by atoms with Crippen LogP contribution in [-0.4, -0.2) is 30.6 Å². The highest BCUT2D eigenvalue weighted by atomic mass is 16.6. The molecule has 19 heavy (non-hydrogen) atoms. The number of rotatable bonds is 6. The third-order valence-corrected chi connectivity index (χ3v) is 2.72.